The molecule has 1 aromatic rings. The summed E-state index contributed by atoms with van der Waals surface area (Å²) in [6.07, 6.45) is 1.68. The number of carbonyl (C=O) groups excluding carboxylic acids is 1. The molecule has 1 atom stereocenters. The Kier molecular flexibility index (Phi) is 7.32. The van der Waals surface area contributed by atoms with Crippen LogP contribution in [-0.4, -0.2) is 38.4 Å². The third-order valence-corrected chi connectivity index (χ3v) is 3.45. The SMILES string of the molecule is COc1cc(C(=O)NCCCC(C)CO)cc(Cl)c1OC. The Morgan fingerprint density at radius 1 is 1.38 bits per heavy atom. The van der Waals surface area contributed by atoms with Crippen molar-refractivity contribution in [1.82, 2.24) is 5.32 Å². The van der Waals surface area contributed by atoms with Gasteiger partial charge in [-0.1, -0.05) is 18.5 Å². The topological polar surface area (TPSA) is 67.8 Å². The second kappa shape index (κ2) is 8.74. The number of hydrogen-bond acceptors (Lipinski definition) is 4. The van der Waals surface area contributed by atoms with Crippen molar-refractivity contribution in [2.75, 3.05) is 27.4 Å². The highest BCUT2D eigenvalue weighted by molar-refractivity contribution is 6.32. The molecule has 6 heteroatoms. The van der Waals surface area contributed by atoms with Crippen molar-refractivity contribution in [2.24, 2.45) is 5.92 Å². The van der Waals surface area contributed by atoms with Crippen LogP contribution in [0.1, 0.15) is 30.1 Å². The molecule has 0 saturated heterocycles. The Labute approximate surface area is 130 Å². The molecule has 0 aliphatic rings. The first-order chi connectivity index (χ1) is 10.0. The number of ether oxygens (including phenoxy) is 2. The number of carbonyl (C=O) groups is 1. The summed E-state index contributed by atoms with van der Waals surface area (Å²) in [7, 11) is 2.98. The number of aliphatic hydroxyl groups is 1. The Bertz CT molecular complexity index is 479. The van der Waals surface area contributed by atoms with E-state index in [9.17, 15) is 4.79 Å². The minimum Gasteiger partial charge on any atom is -0.493 e. The van der Waals surface area contributed by atoms with Crippen LogP contribution in [0.5, 0.6) is 11.5 Å². The van der Waals surface area contributed by atoms with Gasteiger partial charge in [-0.3, -0.25) is 4.79 Å². The molecular weight excluding hydrogens is 294 g/mol. The monoisotopic (exact) mass is 315 g/mol. The number of amides is 1. The van der Waals surface area contributed by atoms with Gasteiger partial charge in [0.25, 0.3) is 5.91 Å². The molecule has 0 spiro atoms. The van der Waals surface area contributed by atoms with Crippen molar-refractivity contribution >= 4 is 17.5 Å². The van der Waals surface area contributed by atoms with E-state index in [4.69, 9.17) is 26.2 Å². The van der Waals surface area contributed by atoms with Gasteiger partial charge in [0.05, 0.1) is 19.2 Å². The predicted octanol–water partition coefficient (Wildman–Crippen LogP) is 2.50. The first-order valence-electron chi connectivity index (χ1n) is 6.84. The van der Waals surface area contributed by atoms with Crippen molar-refractivity contribution in [1.29, 1.82) is 0 Å². The van der Waals surface area contributed by atoms with Crippen LogP contribution < -0.4 is 14.8 Å². The summed E-state index contributed by atoms with van der Waals surface area (Å²) in [6.45, 7) is 2.68. The first-order valence-corrected chi connectivity index (χ1v) is 7.21. The summed E-state index contributed by atoms with van der Waals surface area (Å²) in [5.41, 5.74) is 0.424. The summed E-state index contributed by atoms with van der Waals surface area (Å²) < 4.78 is 10.3. The average molecular weight is 316 g/mol. The van der Waals surface area contributed by atoms with E-state index in [2.05, 4.69) is 5.32 Å². The third kappa shape index (κ3) is 5.10. The number of halogens is 1. The molecule has 0 fully saturated rings. The van der Waals surface area contributed by atoms with E-state index in [-0.39, 0.29) is 18.4 Å². The van der Waals surface area contributed by atoms with Crippen LogP contribution in [0.4, 0.5) is 0 Å². The highest BCUT2D eigenvalue weighted by atomic mass is 35.5. The molecule has 1 aromatic carbocycles. The third-order valence-electron chi connectivity index (χ3n) is 3.17. The quantitative estimate of drug-likeness (QED) is 0.723. The number of benzene rings is 1. The van der Waals surface area contributed by atoms with Crippen LogP contribution in [0.25, 0.3) is 0 Å². The molecule has 0 aliphatic carbocycles. The summed E-state index contributed by atoms with van der Waals surface area (Å²) in [5, 5.41) is 12.1. The lowest BCUT2D eigenvalue weighted by Gasteiger charge is -2.12. The number of aliphatic hydroxyl groups excluding tert-OH is 1. The minimum atomic E-state index is -0.213. The molecule has 0 saturated carbocycles. The van der Waals surface area contributed by atoms with Crippen molar-refractivity contribution < 1.29 is 19.4 Å². The van der Waals surface area contributed by atoms with E-state index in [0.29, 0.717) is 28.6 Å². The molecular formula is C15H22ClNO4. The zero-order valence-corrected chi connectivity index (χ0v) is 13.4. The van der Waals surface area contributed by atoms with E-state index in [0.717, 1.165) is 12.8 Å². The fraction of sp³-hybridized carbons (Fsp3) is 0.533. The first kappa shape index (κ1) is 17.6. The summed E-state index contributed by atoms with van der Waals surface area (Å²) in [6, 6.07) is 3.14. The molecule has 1 amide bonds. The smallest absolute Gasteiger partial charge is 0.251 e. The van der Waals surface area contributed by atoms with E-state index in [1.807, 2.05) is 6.92 Å². The molecule has 2 N–H and O–H groups in total. The van der Waals surface area contributed by atoms with E-state index in [1.54, 1.807) is 12.1 Å². The molecule has 0 heterocycles. The maximum Gasteiger partial charge on any atom is 0.251 e. The van der Waals surface area contributed by atoms with Gasteiger partial charge in [-0.15, -0.1) is 0 Å². The van der Waals surface area contributed by atoms with Crippen LogP contribution in [0.3, 0.4) is 0 Å². The van der Waals surface area contributed by atoms with Crippen LogP contribution in [0.2, 0.25) is 5.02 Å². The van der Waals surface area contributed by atoms with Gasteiger partial charge in [0.15, 0.2) is 11.5 Å². The predicted molar refractivity (Wildman–Crippen MR) is 82.4 cm³/mol. The van der Waals surface area contributed by atoms with Gasteiger partial charge in [-0.05, 0) is 30.9 Å². The molecule has 0 aliphatic heterocycles. The lowest BCUT2D eigenvalue weighted by Crippen LogP contribution is -2.25. The largest absolute Gasteiger partial charge is 0.493 e. The summed E-state index contributed by atoms with van der Waals surface area (Å²) in [5.74, 6) is 0.864. The van der Waals surface area contributed by atoms with Gasteiger partial charge in [0, 0.05) is 18.7 Å². The average Bonchev–Trinajstić information content (AvgIpc) is 2.49. The van der Waals surface area contributed by atoms with Crippen molar-refractivity contribution in [2.45, 2.75) is 19.8 Å². The highest BCUT2D eigenvalue weighted by Gasteiger charge is 2.14. The summed E-state index contributed by atoms with van der Waals surface area (Å²) >= 11 is 6.07. The van der Waals surface area contributed by atoms with Gasteiger partial charge < -0.3 is 19.9 Å². The Hall–Kier alpha value is -1.46. The van der Waals surface area contributed by atoms with E-state index >= 15 is 0 Å². The van der Waals surface area contributed by atoms with Gasteiger partial charge >= 0.3 is 0 Å². The lowest BCUT2D eigenvalue weighted by atomic mass is 10.1. The molecule has 5 nitrogen and oxygen atoms in total. The lowest BCUT2D eigenvalue weighted by molar-refractivity contribution is 0.0951. The van der Waals surface area contributed by atoms with Crippen LogP contribution in [0, 0.1) is 5.92 Å². The van der Waals surface area contributed by atoms with Gasteiger partial charge in [-0.2, -0.15) is 0 Å². The molecule has 0 radical (unpaired) electrons. The van der Waals surface area contributed by atoms with E-state index in [1.165, 1.54) is 14.2 Å². The van der Waals surface area contributed by atoms with Crippen molar-refractivity contribution in [3.05, 3.63) is 22.7 Å². The maximum absolute atomic E-state index is 12.1. The summed E-state index contributed by atoms with van der Waals surface area (Å²) in [4.78, 5) is 12.1. The van der Waals surface area contributed by atoms with Crippen molar-refractivity contribution in [3.8, 4) is 11.5 Å². The Morgan fingerprint density at radius 2 is 2.10 bits per heavy atom. The molecule has 21 heavy (non-hydrogen) atoms. The number of hydrogen-bond donors (Lipinski definition) is 2. The normalized spacial score (nSPS) is 11.9. The standard InChI is InChI=1S/C15H22ClNO4/c1-10(9-18)5-4-6-17-15(19)11-7-12(16)14(21-3)13(8-11)20-2/h7-8,10,18H,4-6,9H2,1-3H3,(H,17,19). The second-order valence-corrected chi connectivity index (χ2v) is 5.29. The van der Waals surface area contributed by atoms with Gasteiger partial charge in [0.2, 0.25) is 0 Å². The minimum absolute atomic E-state index is 0.166. The second-order valence-electron chi connectivity index (χ2n) is 4.88. The van der Waals surface area contributed by atoms with Crippen LogP contribution in [0.15, 0.2) is 12.1 Å². The number of nitrogens with one attached hydrogen (secondary N) is 1. The molecule has 118 valence electrons. The number of rotatable bonds is 8. The van der Waals surface area contributed by atoms with Gasteiger partial charge in [0.1, 0.15) is 0 Å². The molecule has 0 bridgehead atoms. The Balaban J connectivity index is 2.64. The van der Waals surface area contributed by atoms with Crippen LogP contribution >= 0.6 is 11.6 Å². The fourth-order valence-corrected chi connectivity index (χ4v) is 2.18. The van der Waals surface area contributed by atoms with Crippen molar-refractivity contribution in [3.63, 3.8) is 0 Å². The Morgan fingerprint density at radius 3 is 2.67 bits per heavy atom. The molecule has 0 aromatic heterocycles. The fourth-order valence-electron chi connectivity index (χ4n) is 1.89. The number of methoxy groups -OCH3 is 2. The van der Waals surface area contributed by atoms with E-state index < -0.39 is 0 Å². The highest BCUT2D eigenvalue weighted by Crippen LogP contribution is 2.35. The molecule has 1 rings (SSSR count). The maximum atomic E-state index is 12.1. The van der Waals surface area contributed by atoms with Crippen LogP contribution in [-0.2, 0) is 0 Å². The molecule has 1 unspecified atom stereocenters. The van der Waals surface area contributed by atoms with Gasteiger partial charge in [-0.25, -0.2) is 0 Å². The zero-order chi connectivity index (χ0) is 15.8. The zero-order valence-electron chi connectivity index (χ0n) is 12.6.